The van der Waals surface area contributed by atoms with Crippen molar-refractivity contribution in [2.75, 3.05) is 23.9 Å². The molecule has 7 heteroatoms. The van der Waals surface area contributed by atoms with E-state index >= 15 is 0 Å². The Balaban J connectivity index is 1.66. The van der Waals surface area contributed by atoms with Crippen LogP contribution in [0.15, 0.2) is 36.4 Å². The molecule has 0 spiro atoms. The van der Waals surface area contributed by atoms with Crippen molar-refractivity contribution in [3.8, 4) is 5.75 Å². The first-order valence-corrected chi connectivity index (χ1v) is 8.68. The van der Waals surface area contributed by atoms with Gasteiger partial charge in [-0.25, -0.2) is 9.18 Å². The SMILES string of the molecule is COc1ccc(C)cc1NC(=O)N[C@@H]1CCN(c2ccc(F)c(C)c2)C1=O. The standard InChI is InChI=1S/C20H22FN3O3/c1-12-4-7-18(27-3)17(10-12)23-20(26)22-16-8-9-24(19(16)25)14-5-6-15(21)13(2)11-14/h4-7,10-11,16H,8-9H2,1-3H3,(H2,22,23,26)/t16-/m1/s1. The molecule has 0 aromatic heterocycles. The molecule has 1 atom stereocenters. The number of hydrogen-bond donors (Lipinski definition) is 2. The van der Waals surface area contributed by atoms with Gasteiger partial charge in [0.25, 0.3) is 0 Å². The summed E-state index contributed by atoms with van der Waals surface area (Å²) in [5.41, 5.74) is 2.61. The third-order valence-corrected chi connectivity index (χ3v) is 4.57. The molecular formula is C20H22FN3O3. The van der Waals surface area contributed by atoms with E-state index in [4.69, 9.17) is 4.74 Å². The molecule has 142 valence electrons. The predicted octanol–water partition coefficient (Wildman–Crippen LogP) is 3.38. The average Bonchev–Trinajstić information content (AvgIpc) is 2.98. The summed E-state index contributed by atoms with van der Waals surface area (Å²) in [4.78, 5) is 26.5. The van der Waals surface area contributed by atoms with Crippen LogP contribution in [0.4, 0.5) is 20.6 Å². The zero-order valence-electron chi connectivity index (χ0n) is 15.5. The van der Waals surface area contributed by atoms with Crippen molar-refractivity contribution in [1.29, 1.82) is 0 Å². The van der Waals surface area contributed by atoms with Crippen molar-refractivity contribution in [3.05, 3.63) is 53.3 Å². The summed E-state index contributed by atoms with van der Waals surface area (Å²) in [7, 11) is 1.52. The number of ether oxygens (including phenoxy) is 1. The van der Waals surface area contributed by atoms with Crippen LogP contribution >= 0.6 is 0 Å². The molecule has 2 N–H and O–H groups in total. The third kappa shape index (κ3) is 4.02. The van der Waals surface area contributed by atoms with Gasteiger partial charge in [-0.05, 0) is 61.7 Å². The van der Waals surface area contributed by atoms with E-state index in [0.29, 0.717) is 35.7 Å². The van der Waals surface area contributed by atoms with Crippen molar-refractivity contribution >= 4 is 23.3 Å². The molecule has 27 heavy (non-hydrogen) atoms. The summed E-state index contributed by atoms with van der Waals surface area (Å²) in [5.74, 6) is 0.0100. The van der Waals surface area contributed by atoms with Crippen LogP contribution in [-0.4, -0.2) is 31.6 Å². The first-order chi connectivity index (χ1) is 12.9. The Bertz CT molecular complexity index is 885. The fraction of sp³-hybridized carbons (Fsp3) is 0.300. The summed E-state index contributed by atoms with van der Waals surface area (Å²) in [5, 5.41) is 5.43. The molecule has 1 aliphatic heterocycles. The zero-order chi connectivity index (χ0) is 19.6. The summed E-state index contributed by atoms with van der Waals surface area (Å²) in [6.07, 6.45) is 0.480. The van der Waals surface area contributed by atoms with Crippen molar-refractivity contribution in [1.82, 2.24) is 5.32 Å². The second-order valence-corrected chi connectivity index (χ2v) is 6.57. The lowest BCUT2D eigenvalue weighted by Gasteiger charge is -2.18. The Labute approximate surface area is 157 Å². The topological polar surface area (TPSA) is 70.7 Å². The number of nitrogens with one attached hydrogen (secondary N) is 2. The van der Waals surface area contributed by atoms with Gasteiger partial charge in [-0.15, -0.1) is 0 Å². The van der Waals surface area contributed by atoms with E-state index in [1.807, 2.05) is 13.0 Å². The first kappa shape index (κ1) is 18.7. The highest BCUT2D eigenvalue weighted by Gasteiger charge is 2.33. The number of methoxy groups -OCH3 is 1. The highest BCUT2D eigenvalue weighted by molar-refractivity contribution is 6.02. The van der Waals surface area contributed by atoms with Crippen LogP contribution in [-0.2, 0) is 4.79 Å². The molecule has 0 radical (unpaired) electrons. The molecule has 0 saturated carbocycles. The van der Waals surface area contributed by atoms with Crippen molar-refractivity contribution in [2.45, 2.75) is 26.3 Å². The molecule has 1 heterocycles. The molecule has 1 fully saturated rings. The highest BCUT2D eigenvalue weighted by atomic mass is 19.1. The Morgan fingerprint density at radius 2 is 2.00 bits per heavy atom. The summed E-state index contributed by atoms with van der Waals surface area (Å²) >= 11 is 0. The molecule has 3 amide bonds. The maximum atomic E-state index is 13.4. The van der Waals surface area contributed by atoms with Gasteiger partial charge in [0.05, 0.1) is 12.8 Å². The largest absolute Gasteiger partial charge is 0.495 e. The van der Waals surface area contributed by atoms with Crippen molar-refractivity contribution < 1.29 is 18.7 Å². The molecule has 0 unspecified atom stereocenters. The molecule has 0 bridgehead atoms. The van der Waals surface area contributed by atoms with E-state index in [-0.39, 0.29) is 11.7 Å². The first-order valence-electron chi connectivity index (χ1n) is 8.68. The smallest absolute Gasteiger partial charge is 0.319 e. The van der Waals surface area contributed by atoms with Gasteiger partial charge in [0, 0.05) is 12.2 Å². The van der Waals surface area contributed by atoms with E-state index < -0.39 is 12.1 Å². The number of benzene rings is 2. The minimum Gasteiger partial charge on any atom is -0.495 e. The Hall–Kier alpha value is -3.09. The number of halogens is 1. The normalized spacial score (nSPS) is 16.4. The van der Waals surface area contributed by atoms with E-state index in [2.05, 4.69) is 10.6 Å². The van der Waals surface area contributed by atoms with E-state index in [1.54, 1.807) is 36.1 Å². The van der Waals surface area contributed by atoms with Crippen LogP contribution < -0.4 is 20.3 Å². The number of carbonyl (C=O) groups excluding carboxylic acids is 2. The molecule has 1 saturated heterocycles. The van der Waals surface area contributed by atoms with E-state index in [0.717, 1.165) is 5.56 Å². The number of rotatable bonds is 4. The van der Waals surface area contributed by atoms with Gasteiger partial charge in [-0.2, -0.15) is 0 Å². The predicted molar refractivity (Wildman–Crippen MR) is 102 cm³/mol. The lowest BCUT2D eigenvalue weighted by molar-refractivity contribution is -0.118. The molecule has 1 aliphatic rings. The van der Waals surface area contributed by atoms with Crippen LogP contribution in [0.25, 0.3) is 0 Å². The lowest BCUT2D eigenvalue weighted by atomic mass is 10.2. The molecule has 0 aliphatic carbocycles. The summed E-state index contributed by atoms with van der Waals surface area (Å²) < 4.78 is 18.7. The van der Waals surface area contributed by atoms with Crippen LogP contribution in [0.2, 0.25) is 0 Å². The van der Waals surface area contributed by atoms with Gasteiger partial charge < -0.3 is 20.3 Å². The fourth-order valence-electron chi connectivity index (χ4n) is 3.10. The molecule has 6 nitrogen and oxygen atoms in total. The number of aryl methyl sites for hydroxylation is 2. The van der Waals surface area contributed by atoms with Crippen LogP contribution in [0.1, 0.15) is 17.5 Å². The molecule has 3 rings (SSSR count). The molecule has 2 aromatic rings. The Morgan fingerprint density at radius 3 is 2.70 bits per heavy atom. The van der Waals surface area contributed by atoms with Gasteiger partial charge in [0.2, 0.25) is 5.91 Å². The van der Waals surface area contributed by atoms with Crippen molar-refractivity contribution in [3.63, 3.8) is 0 Å². The number of hydrogen-bond acceptors (Lipinski definition) is 3. The van der Waals surface area contributed by atoms with Gasteiger partial charge in [-0.3, -0.25) is 4.79 Å². The quantitative estimate of drug-likeness (QED) is 0.866. The monoisotopic (exact) mass is 371 g/mol. The van der Waals surface area contributed by atoms with Crippen LogP contribution in [0.5, 0.6) is 5.75 Å². The van der Waals surface area contributed by atoms with Gasteiger partial charge >= 0.3 is 6.03 Å². The van der Waals surface area contributed by atoms with Crippen molar-refractivity contribution in [2.24, 2.45) is 0 Å². The number of anilines is 2. The minimum atomic E-state index is -0.633. The number of nitrogens with zero attached hydrogens (tertiary/aromatic N) is 1. The van der Waals surface area contributed by atoms with E-state index in [9.17, 15) is 14.0 Å². The van der Waals surface area contributed by atoms with Gasteiger partial charge in [0.1, 0.15) is 17.6 Å². The van der Waals surface area contributed by atoms with Crippen LogP contribution in [0, 0.1) is 19.7 Å². The average molecular weight is 371 g/mol. The fourth-order valence-corrected chi connectivity index (χ4v) is 3.10. The Morgan fingerprint density at radius 1 is 1.22 bits per heavy atom. The van der Waals surface area contributed by atoms with Gasteiger partial charge in [-0.1, -0.05) is 6.07 Å². The minimum absolute atomic E-state index is 0.215. The number of amides is 3. The summed E-state index contributed by atoms with van der Waals surface area (Å²) in [6, 6.07) is 8.88. The second-order valence-electron chi connectivity index (χ2n) is 6.57. The maximum Gasteiger partial charge on any atom is 0.319 e. The van der Waals surface area contributed by atoms with Crippen LogP contribution in [0.3, 0.4) is 0 Å². The lowest BCUT2D eigenvalue weighted by Crippen LogP contribution is -2.43. The van der Waals surface area contributed by atoms with E-state index in [1.165, 1.54) is 13.2 Å². The second kappa shape index (κ2) is 7.65. The zero-order valence-corrected chi connectivity index (χ0v) is 15.5. The molecular weight excluding hydrogens is 349 g/mol. The number of carbonyl (C=O) groups is 2. The maximum absolute atomic E-state index is 13.4. The Kier molecular flexibility index (Phi) is 5.30. The number of urea groups is 1. The van der Waals surface area contributed by atoms with Gasteiger partial charge in [0.15, 0.2) is 0 Å². The summed E-state index contributed by atoms with van der Waals surface area (Å²) in [6.45, 7) is 4.02. The molecule has 2 aromatic carbocycles. The highest BCUT2D eigenvalue weighted by Crippen LogP contribution is 2.26. The third-order valence-electron chi connectivity index (χ3n) is 4.57.